The third-order valence-corrected chi connectivity index (χ3v) is 3.11. The second kappa shape index (κ2) is 7.31. The molecule has 0 saturated heterocycles. The summed E-state index contributed by atoms with van der Waals surface area (Å²) in [5, 5.41) is 4.44. The Morgan fingerprint density at radius 1 is 1.50 bits per heavy atom. The van der Waals surface area contributed by atoms with E-state index < -0.39 is 0 Å². The third kappa shape index (κ3) is 4.61. The topological polar surface area (TPSA) is 44.1 Å². The lowest BCUT2D eigenvalue weighted by Gasteiger charge is -2.09. The number of hydrogen-bond acceptors (Lipinski definition) is 3. The Labute approximate surface area is 109 Å². The van der Waals surface area contributed by atoms with Crippen molar-refractivity contribution in [1.82, 2.24) is 9.78 Å². The Kier molecular flexibility index (Phi) is 6.05. The van der Waals surface area contributed by atoms with Crippen LogP contribution in [0.2, 0.25) is 0 Å². The van der Waals surface area contributed by atoms with Gasteiger partial charge in [0.2, 0.25) is 0 Å². The first-order chi connectivity index (χ1) is 8.56. The molecule has 4 heteroatoms. The van der Waals surface area contributed by atoms with Crippen molar-refractivity contribution < 1.29 is 9.53 Å². The van der Waals surface area contributed by atoms with Crippen molar-refractivity contribution >= 4 is 5.78 Å². The number of carbonyl (C=O) groups excluding carboxylic acids is 1. The maximum Gasteiger partial charge on any atom is 0.139 e. The van der Waals surface area contributed by atoms with Gasteiger partial charge in [0.05, 0.1) is 12.1 Å². The van der Waals surface area contributed by atoms with E-state index in [1.807, 2.05) is 23.9 Å². The van der Waals surface area contributed by atoms with Gasteiger partial charge < -0.3 is 4.74 Å². The molecule has 0 spiro atoms. The first-order valence-corrected chi connectivity index (χ1v) is 6.61. The predicted molar refractivity (Wildman–Crippen MR) is 71.6 cm³/mol. The van der Waals surface area contributed by atoms with Gasteiger partial charge in [0.1, 0.15) is 5.78 Å². The number of rotatable bonds is 8. The molecule has 0 aliphatic rings. The van der Waals surface area contributed by atoms with Crippen LogP contribution in [0.1, 0.15) is 45.3 Å². The van der Waals surface area contributed by atoms with Crippen molar-refractivity contribution in [3.63, 3.8) is 0 Å². The van der Waals surface area contributed by atoms with Crippen LogP contribution in [0.15, 0.2) is 12.3 Å². The fourth-order valence-corrected chi connectivity index (χ4v) is 1.91. The van der Waals surface area contributed by atoms with E-state index >= 15 is 0 Å². The Morgan fingerprint density at radius 2 is 2.22 bits per heavy atom. The summed E-state index contributed by atoms with van der Waals surface area (Å²) in [6, 6.07) is 2.33. The quantitative estimate of drug-likeness (QED) is 0.714. The highest BCUT2D eigenvalue weighted by Crippen LogP contribution is 2.11. The standard InChI is InChI=1S/C14H24N2O2/c1-5-12(3)16-7-6-13(15-16)9-14(17)8-11(2)10-18-4/h6-7,11-12H,5,8-10H2,1-4H3. The van der Waals surface area contributed by atoms with Gasteiger partial charge in [-0.25, -0.2) is 0 Å². The summed E-state index contributed by atoms with van der Waals surface area (Å²) in [5.74, 6) is 0.508. The van der Waals surface area contributed by atoms with E-state index in [9.17, 15) is 4.79 Å². The summed E-state index contributed by atoms with van der Waals surface area (Å²) in [5.41, 5.74) is 0.866. The largest absolute Gasteiger partial charge is 0.384 e. The number of Topliss-reactive ketones (excluding diaryl/α,β-unsaturated/α-hetero) is 1. The zero-order valence-electron chi connectivity index (χ0n) is 11.8. The van der Waals surface area contributed by atoms with E-state index in [4.69, 9.17) is 4.74 Å². The fraction of sp³-hybridized carbons (Fsp3) is 0.714. The molecule has 1 aromatic rings. The summed E-state index contributed by atoms with van der Waals surface area (Å²) >= 11 is 0. The maximum atomic E-state index is 11.8. The molecule has 0 saturated carbocycles. The van der Waals surface area contributed by atoms with Crippen LogP contribution in [0.3, 0.4) is 0 Å². The molecule has 0 fully saturated rings. The predicted octanol–water partition coefficient (Wildman–Crippen LogP) is 2.64. The molecule has 0 bridgehead atoms. The SMILES string of the molecule is CCC(C)n1ccc(CC(=O)CC(C)COC)n1. The van der Waals surface area contributed by atoms with Crippen molar-refractivity contribution in [1.29, 1.82) is 0 Å². The molecule has 2 atom stereocenters. The Hall–Kier alpha value is -1.16. The summed E-state index contributed by atoms with van der Waals surface area (Å²) in [7, 11) is 1.66. The van der Waals surface area contributed by atoms with Crippen LogP contribution in [-0.2, 0) is 16.0 Å². The summed E-state index contributed by atoms with van der Waals surface area (Å²) in [6.07, 6.45) is 3.98. The van der Waals surface area contributed by atoms with Crippen LogP contribution in [0.5, 0.6) is 0 Å². The molecule has 102 valence electrons. The lowest BCUT2D eigenvalue weighted by Crippen LogP contribution is -2.13. The minimum absolute atomic E-state index is 0.231. The van der Waals surface area contributed by atoms with Gasteiger partial charge in [-0.2, -0.15) is 5.10 Å². The van der Waals surface area contributed by atoms with Gasteiger partial charge in [0.15, 0.2) is 0 Å². The molecule has 2 unspecified atom stereocenters. The molecule has 0 radical (unpaired) electrons. The molecule has 0 aliphatic carbocycles. The van der Waals surface area contributed by atoms with Crippen LogP contribution in [0.25, 0.3) is 0 Å². The van der Waals surface area contributed by atoms with E-state index in [0.717, 1.165) is 12.1 Å². The molecule has 1 aromatic heterocycles. The van der Waals surface area contributed by atoms with E-state index in [-0.39, 0.29) is 11.7 Å². The van der Waals surface area contributed by atoms with Crippen LogP contribution < -0.4 is 0 Å². The van der Waals surface area contributed by atoms with E-state index in [1.54, 1.807) is 7.11 Å². The number of nitrogens with zero attached hydrogens (tertiary/aromatic N) is 2. The number of aromatic nitrogens is 2. The van der Waals surface area contributed by atoms with Crippen molar-refractivity contribution in [2.45, 2.75) is 46.1 Å². The Balaban J connectivity index is 2.47. The van der Waals surface area contributed by atoms with Crippen molar-refractivity contribution in [3.05, 3.63) is 18.0 Å². The lowest BCUT2D eigenvalue weighted by atomic mass is 10.0. The zero-order chi connectivity index (χ0) is 13.5. The highest BCUT2D eigenvalue weighted by Gasteiger charge is 2.12. The first kappa shape index (κ1) is 14.9. The fourth-order valence-electron chi connectivity index (χ4n) is 1.91. The second-order valence-corrected chi connectivity index (χ2v) is 5.02. The number of methoxy groups -OCH3 is 1. The minimum atomic E-state index is 0.231. The number of carbonyl (C=O) groups is 1. The average Bonchev–Trinajstić information content (AvgIpc) is 2.76. The number of hydrogen-bond donors (Lipinski definition) is 0. The van der Waals surface area contributed by atoms with Crippen LogP contribution >= 0.6 is 0 Å². The molecule has 0 aliphatic heterocycles. The molecule has 0 aromatic carbocycles. The van der Waals surface area contributed by atoms with Crippen molar-refractivity contribution in [3.8, 4) is 0 Å². The lowest BCUT2D eigenvalue weighted by molar-refractivity contribution is -0.119. The molecular weight excluding hydrogens is 228 g/mol. The molecule has 4 nitrogen and oxygen atoms in total. The number of ether oxygens (including phenoxy) is 1. The monoisotopic (exact) mass is 252 g/mol. The van der Waals surface area contributed by atoms with Crippen molar-refractivity contribution in [2.75, 3.05) is 13.7 Å². The minimum Gasteiger partial charge on any atom is -0.384 e. The van der Waals surface area contributed by atoms with Gasteiger partial charge in [0, 0.05) is 32.4 Å². The van der Waals surface area contributed by atoms with Crippen LogP contribution in [-0.4, -0.2) is 29.3 Å². The molecule has 0 amide bonds. The molecule has 1 heterocycles. The van der Waals surface area contributed by atoms with Crippen molar-refractivity contribution in [2.24, 2.45) is 5.92 Å². The van der Waals surface area contributed by atoms with Crippen LogP contribution in [0, 0.1) is 5.92 Å². The molecule has 1 rings (SSSR count). The van der Waals surface area contributed by atoms with Gasteiger partial charge in [-0.1, -0.05) is 13.8 Å². The summed E-state index contributed by atoms with van der Waals surface area (Å²) in [4.78, 5) is 11.8. The Bertz CT molecular complexity index is 374. The van der Waals surface area contributed by atoms with E-state index in [1.165, 1.54) is 0 Å². The molecule has 18 heavy (non-hydrogen) atoms. The van der Waals surface area contributed by atoms with Gasteiger partial charge in [-0.3, -0.25) is 9.48 Å². The second-order valence-electron chi connectivity index (χ2n) is 5.02. The summed E-state index contributed by atoms with van der Waals surface area (Å²) in [6.45, 7) is 6.91. The third-order valence-electron chi connectivity index (χ3n) is 3.11. The van der Waals surface area contributed by atoms with E-state index in [2.05, 4.69) is 18.9 Å². The van der Waals surface area contributed by atoms with Gasteiger partial charge in [0.25, 0.3) is 0 Å². The first-order valence-electron chi connectivity index (χ1n) is 6.61. The highest BCUT2D eigenvalue weighted by molar-refractivity contribution is 5.80. The smallest absolute Gasteiger partial charge is 0.139 e. The number of ketones is 1. The van der Waals surface area contributed by atoms with Gasteiger partial charge >= 0.3 is 0 Å². The molecular formula is C14H24N2O2. The summed E-state index contributed by atoms with van der Waals surface area (Å²) < 4.78 is 6.96. The maximum absolute atomic E-state index is 11.8. The van der Waals surface area contributed by atoms with E-state index in [0.29, 0.717) is 25.5 Å². The highest BCUT2D eigenvalue weighted by atomic mass is 16.5. The van der Waals surface area contributed by atoms with Crippen LogP contribution in [0.4, 0.5) is 0 Å². The Morgan fingerprint density at radius 3 is 2.83 bits per heavy atom. The van der Waals surface area contributed by atoms with Gasteiger partial charge in [-0.05, 0) is 25.3 Å². The zero-order valence-corrected chi connectivity index (χ0v) is 11.8. The van der Waals surface area contributed by atoms with Gasteiger partial charge in [-0.15, -0.1) is 0 Å². The normalized spacial score (nSPS) is 14.4. The average molecular weight is 252 g/mol. The molecule has 0 N–H and O–H groups in total.